The average Bonchev–Trinajstić information content (AvgIpc) is 2.54. The molecule has 23 heavy (non-hydrogen) atoms. The molecule has 0 saturated carbocycles. The predicted molar refractivity (Wildman–Crippen MR) is 93.1 cm³/mol. The lowest BCUT2D eigenvalue weighted by molar-refractivity contribution is 0.102. The largest absolute Gasteiger partial charge is 0.385 e. The molecule has 5 nitrogen and oxygen atoms in total. The molecular weight excluding hydrogens is 290 g/mol. The summed E-state index contributed by atoms with van der Waals surface area (Å²) in [5.74, 6) is 0.550. The summed E-state index contributed by atoms with van der Waals surface area (Å²) in [6.07, 6.45) is 2.52. The molecule has 0 saturated heterocycles. The first-order valence-electron chi connectivity index (χ1n) is 7.67. The molecule has 0 bridgehead atoms. The maximum atomic E-state index is 12.4. The molecule has 5 heteroatoms. The lowest BCUT2D eigenvalue weighted by Gasteiger charge is -2.10. The maximum Gasteiger partial charge on any atom is 0.255 e. The second-order valence-corrected chi connectivity index (χ2v) is 5.48. The molecule has 2 N–H and O–H groups in total. The van der Waals surface area contributed by atoms with Crippen LogP contribution in [-0.4, -0.2) is 31.2 Å². The third-order valence-electron chi connectivity index (χ3n) is 3.48. The highest BCUT2D eigenvalue weighted by molar-refractivity contribution is 6.05. The Labute approximate surface area is 137 Å². The zero-order valence-electron chi connectivity index (χ0n) is 13.8. The topological polar surface area (TPSA) is 63.2 Å². The summed E-state index contributed by atoms with van der Waals surface area (Å²) < 4.78 is 5.00. The summed E-state index contributed by atoms with van der Waals surface area (Å²) in [7, 11) is 1.68. The van der Waals surface area contributed by atoms with Crippen molar-refractivity contribution in [2.45, 2.75) is 20.3 Å². The Morgan fingerprint density at radius 1 is 1.22 bits per heavy atom. The molecule has 1 heterocycles. The van der Waals surface area contributed by atoms with Gasteiger partial charge in [0.15, 0.2) is 0 Å². The third kappa shape index (κ3) is 5.07. The molecule has 1 aromatic carbocycles. The number of benzene rings is 1. The van der Waals surface area contributed by atoms with E-state index in [1.165, 1.54) is 5.56 Å². The van der Waals surface area contributed by atoms with E-state index < -0.39 is 0 Å². The molecule has 0 atom stereocenters. The first kappa shape index (κ1) is 17.0. The summed E-state index contributed by atoms with van der Waals surface area (Å²) in [6, 6.07) is 9.42. The van der Waals surface area contributed by atoms with Crippen LogP contribution in [0.2, 0.25) is 0 Å². The molecule has 1 amide bonds. The van der Waals surface area contributed by atoms with Crippen LogP contribution in [0.25, 0.3) is 0 Å². The van der Waals surface area contributed by atoms with Crippen molar-refractivity contribution in [1.82, 2.24) is 4.98 Å². The van der Waals surface area contributed by atoms with E-state index in [1.807, 2.05) is 32.0 Å². The van der Waals surface area contributed by atoms with Gasteiger partial charge < -0.3 is 15.4 Å². The molecule has 0 fully saturated rings. The molecule has 0 aliphatic heterocycles. The van der Waals surface area contributed by atoms with Crippen LogP contribution in [0.4, 0.5) is 11.5 Å². The van der Waals surface area contributed by atoms with Crippen LogP contribution in [0.5, 0.6) is 0 Å². The van der Waals surface area contributed by atoms with Gasteiger partial charge in [-0.3, -0.25) is 4.79 Å². The number of carbonyl (C=O) groups excluding carboxylic acids is 1. The highest BCUT2D eigenvalue weighted by Crippen LogP contribution is 2.17. The monoisotopic (exact) mass is 313 g/mol. The number of pyridine rings is 1. The van der Waals surface area contributed by atoms with Gasteiger partial charge in [0, 0.05) is 37.7 Å². The fourth-order valence-corrected chi connectivity index (χ4v) is 2.25. The van der Waals surface area contributed by atoms with Gasteiger partial charge in [-0.15, -0.1) is 0 Å². The van der Waals surface area contributed by atoms with Gasteiger partial charge in [-0.05, 0) is 44.0 Å². The van der Waals surface area contributed by atoms with Crippen LogP contribution in [0, 0.1) is 13.8 Å². The van der Waals surface area contributed by atoms with Crippen LogP contribution in [0.1, 0.15) is 27.9 Å². The van der Waals surface area contributed by atoms with Gasteiger partial charge in [-0.1, -0.05) is 17.7 Å². The summed E-state index contributed by atoms with van der Waals surface area (Å²) in [6.45, 7) is 5.46. The van der Waals surface area contributed by atoms with Crippen molar-refractivity contribution < 1.29 is 9.53 Å². The van der Waals surface area contributed by atoms with E-state index in [0.29, 0.717) is 18.0 Å². The number of aromatic nitrogens is 1. The van der Waals surface area contributed by atoms with E-state index >= 15 is 0 Å². The van der Waals surface area contributed by atoms with Crippen molar-refractivity contribution in [1.29, 1.82) is 0 Å². The number of methoxy groups -OCH3 is 1. The van der Waals surface area contributed by atoms with Gasteiger partial charge in [0.1, 0.15) is 5.82 Å². The summed E-state index contributed by atoms with van der Waals surface area (Å²) in [5.41, 5.74) is 3.62. The number of nitrogens with one attached hydrogen (secondary N) is 2. The number of hydrogen-bond donors (Lipinski definition) is 2. The highest BCUT2D eigenvalue weighted by Gasteiger charge is 2.09. The molecular formula is C18H23N3O2. The summed E-state index contributed by atoms with van der Waals surface area (Å²) in [4.78, 5) is 16.6. The van der Waals surface area contributed by atoms with Gasteiger partial charge in [0.25, 0.3) is 5.91 Å². The third-order valence-corrected chi connectivity index (χ3v) is 3.48. The van der Waals surface area contributed by atoms with Crippen LogP contribution >= 0.6 is 0 Å². The number of aryl methyl sites for hydroxylation is 2. The molecule has 2 rings (SSSR count). The molecule has 0 radical (unpaired) electrons. The highest BCUT2D eigenvalue weighted by atomic mass is 16.5. The van der Waals surface area contributed by atoms with Crippen molar-refractivity contribution in [2.75, 3.05) is 30.9 Å². The van der Waals surface area contributed by atoms with Gasteiger partial charge in [0.2, 0.25) is 0 Å². The van der Waals surface area contributed by atoms with Crippen molar-refractivity contribution in [3.63, 3.8) is 0 Å². The summed E-state index contributed by atoms with van der Waals surface area (Å²) >= 11 is 0. The number of rotatable bonds is 7. The number of ether oxygens (including phenoxy) is 1. The van der Waals surface area contributed by atoms with Crippen LogP contribution in [0.3, 0.4) is 0 Å². The Hall–Kier alpha value is -2.40. The number of hydrogen-bond acceptors (Lipinski definition) is 4. The van der Waals surface area contributed by atoms with E-state index in [0.717, 1.165) is 24.2 Å². The molecule has 0 spiro atoms. The average molecular weight is 313 g/mol. The Bertz CT molecular complexity index is 671. The first-order chi connectivity index (χ1) is 11.1. The predicted octanol–water partition coefficient (Wildman–Crippen LogP) is 3.40. The minimum atomic E-state index is -0.140. The van der Waals surface area contributed by atoms with E-state index in [1.54, 1.807) is 25.4 Å². The zero-order chi connectivity index (χ0) is 16.7. The van der Waals surface area contributed by atoms with E-state index in [9.17, 15) is 4.79 Å². The maximum absolute atomic E-state index is 12.4. The molecule has 122 valence electrons. The Balaban J connectivity index is 2.01. The Morgan fingerprint density at radius 3 is 2.78 bits per heavy atom. The molecule has 0 unspecified atom stereocenters. The van der Waals surface area contributed by atoms with E-state index in [-0.39, 0.29) is 5.91 Å². The summed E-state index contributed by atoms with van der Waals surface area (Å²) in [5, 5.41) is 6.13. The van der Waals surface area contributed by atoms with E-state index in [2.05, 4.69) is 15.6 Å². The second kappa shape index (κ2) is 8.29. The number of nitrogens with zero attached hydrogens (tertiary/aromatic N) is 1. The van der Waals surface area contributed by atoms with Crippen molar-refractivity contribution in [2.24, 2.45) is 0 Å². The van der Waals surface area contributed by atoms with Gasteiger partial charge in [-0.25, -0.2) is 4.98 Å². The van der Waals surface area contributed by atoms with Crippen LogP contribution in [0.15, 0.2) is 36.5 Å². The fourth-order valence-electron chi connectivity index (χ4n) is 2.25. The number of carbonyl (C=O) groups is 1. The Kier molecular flexibility index (Phi) is 6.11. The smallest absolute Gasteiger partial charge is 0.255 e. The first-order valence-corrected chi connectivity index (χ1v) is 7.67. The molecule has 1 aromatic heterocycles. The standard InChI is InChI=1S/C18H23N3O2/c1-13-5-6-16(14(2)11-13)21-18(22)15-7-9-20-17(12-15)19-8-4-10-23-3/h5-7,9,11-12H,4,8,10H2,1-3H3,(H,19,20)(H,21,22). The fraction of sp³-hybridized carbons (Fsp3) is 0.333. The molecule has 0 aliphatic carbocycles. The molecule has 0 aliphatic rings. The van der Waals surface area contributed by atoms with Gasteiger partial charge in [-0.2, -0.15) is 0 Å². The second-order valence-electron chi connectivity index (χ2n) is 5.48. The zero-order valence-corrected chi connectivity index (χ0v) is 13.8. The van der Waals surface area contributed by atoms with Gasteiger partial charge >= 0.3 is 0 Å². The van der Waals surface area contributed by atoms with Crippen LogP contribution in [-0.2, 0) is 4.74 Å². The van der Waals surface area contributed by atoms with Gasteiger partial charge in [0.05, 0.1) is 0 Å². The van der Waals surface area contributed by atoms with Crippen molar-refractivity contribution in [3.8, 4) is 0 Å². The minimum absolute atomic E-state index is 0.140. The minimum Gasteiger partial charge on any atom is -0.385 e. The molecule has 2 aromatic rings. The van der Waals surface area contributed by atoms with Crippen molar-refractivity contribution >= 4 is 17.4 Å². The number of anilines is 2. The number of amides is 1. The van der Waals surface area contributed by atoms with E-state index in [4.69, 9.17) is 4.74 Å². The lowest BCUT2D eigenvalue weighted by Crippen LogP contribution is -2.14. The lowest BCUT2D eigenvalue weighted by atomic mass is 10.1. The normalized spacial score (nSPS) is 10.4. The Morgan fingerprint density at radius 2 is 2.04 bits per heavy atom. The SMILES string of the molecule is COCCCNc1cc(C(=O)Nc2ccc(C)cc2C)ccn1. The van der Waals surface area contributed by atoms with Crippen molar-refractivity contribution in [3.05, 3.63) is 53.2 Å². The van der Waals surface area contributed by atoms with Crippen LogP contribution < -0.4 is 10.6 Å². The quantitative estimate of drug-likeness (QED) is 0.769.